The van der Waals surface area contributed by atoms with Crippen LogP contribution in [0.25, 0.3) is 27.2 Å². The predicted octanol–water partition coefficient (Wildman–Crippen LogP) is 2.96. The molecule has 0 amide bonds. The van der Waals surface area contributed by atoms with Crippen LogP contribution in [0, 0.1) is 0 Å². The first-order valence-corrected chi connectivity index (χ1v) is 10.6. The van der Waals surface area contributed by atoms with Crippen molar-refractivity contribution in [3.63, 3.8) is 0 Å². The van der Waals surface area contributed by atoms with Crippen molar-refractivity contribution in [2.45, 2.75) is 6.61 Å². The number of hydrogen-bond donors (Lipinski definition) is 1. The van der Waals surface area contributed by atoms with Crippen LogP contribution in [-0.4, -0.2) is 43.1 Å². The molecule has 0 aliphatic rings. The van der Waals surface area contributed by atoms with Crippen LogP contribution in [0.2, 0.25) is 0 Å². The van der Waals surface area contributed by atoms with Gasteiger partial charge in [-0.15, -0.1) is 16.4 Å². The molecule has 0 fully saturated rings. The Morgan fingerprint density at radius 2 is 2.12 bits per heavy atom. The van der Waals surface area contributed by atoms with Gasteiger partial charge < -0.3 is 19.0 Å². The zero-order valence-corrected chi connectivity index (χ0v) is 18.4. The molecule has 0 saturated heterocycles. The van der Waals surface area contributed by atoms with Gasteiger partial charge in [0.15, 0.2) is 10.6 Å². The van der Waals surface area contributed by atoms with E-state index in [4.69, 9.17) is 13.9 Å². The van der Waals surface area contributed by atoms with E-state index < -0.39 is 11.6 Å². The summed E-state index contributed by atoms with van der Waals surface area (Å²) in [6.07, 6.45) is 4.68. The third kappa shape index (κ3) is 3.97. The maximum Gasteiger partial charge on any atom is 0.362 e. The largest absolute Gasteiger partial charge is 0.508 e. The highest BCUT2D eigenvalue weighted by molar-refractivity contribution is 7.17. The lowest BCUT2D eigenvalue weighted by Gasteiger charge is -2.07. The van der Waals surface area contributed by atoms with E-state index >= 15 is 0 Å². The summed E-state index contributed by atoms with van der Waals surface area (Å²) < 4.78 is 17.3. The van der Waals surface area contributed by atoms with Gasteiger partial charge in [-0.25, -0.2) is 19.3 Å². The lowest BCUT2D eigenvalue weighted by molar-refractivity contribution is 0.0600. The number of carbonyl (C=O) groups excluding carboxylic acids is 1. The van der Waals surface area contributed by atoms with E-state index in [1.807, 2.05) is 6.07 Å². The Balaban J connectivity index is 1.47. The van der Waals surface area contributed by atoms with E-state index in [9.17, 15) is 14.7 Å². The normalized spacial score (nSPS) is 11.0. The minimum Gasteiger partial charge on any atom is -0.508 e. The second-order valence-electron chi connectivity index (χ2n) is 6.95. The molecule has 4 heterocycles. The molecular formula is C22H15N5O6S. The number of aromatic nitrogens is 5. The van der Waals surface area contributed by atoms with E-state index in [-0.39, 0.29) is 34.4 Å². The lowest BCUT2D eigenvalue weighted by Crippen LogP contribution is -2.15. The summed E-state index contributed by atoms with van der Waals surface area (Å²) in [5, 5.41) is 18.6. The highest BCUT2D eigenvalue weighted by Crippen LogP contribution is 2.33. The topological polar surface area (TPSA) is 142 Å². The summed E-state index contributed by atoms with van der Waals surface area (Å²) >= 11 is 1.11. The molecule has 1 aromatic carbocycles. The number of pyridine rings is 1. The number of carbonyl (C=O) groups is 1. The molecule has 11 nitrogen and oxygen atoms in total. The average Bonchev–Trinajstić information content (AvgIpc) is 3.49. The van der Waals surface area contributed by atoms with Gasteiger partial charge in [-0.05, 0) is 30.3 Å². The Morgan fingerprint density at radius 3 is 2.91 bits per heavy atom. The van der Waals surface area contributed by atoms with Crippen LogP contribution in [0.1, 0.15) is 15.4 Å². The molecule has 0 aliphatic heterocycles. The number of aromatic hydroxyl groups is 1. The van der Waals surface area contributed by atoms with Crippen LogP contribution in [0.15, 0.2) is 64.2 Å². The van der Waals surface area contributed by atoms with Crippen molar-refractivity contribution < 1.29 is 23.8 Å². The van der Waals surface area contributed by atoms with Crippen molar-refractivity contribution >= 4 is 28.3 Å². The second kappa shape index (κ2) is 8.75. The first-order chi connectivity index (χ1) is 16.5. The number of thiazole rings is 1. The summed E-state index contributed by atoms with van der Waals surface area (Å²) in [6.45, 7) is -0.0970. The van der Waals surface area contributed by atoms with E-state index in [2.05, 4.69) is 20.3 Å². The smallest absolute Gasteiger partial charge is 0.362 e. The van der Waals surface area contributed by atoms with Crippen LogP contribution < -0.4 is 10.4 Å². The van der Waals surface area contributed by atoms with E-state index in [1.165, 1.54) is 30.1 Å². The molecule has 0 unspecified atom stereocenters. The number of rotatable bonds is 6. The highest BCUT2D eigenvalue weighted by Gasteiger charge is 2.22. The van der Waals surface area contributed by atoms with E-state index in [1.54, 1.807) is 30.6 Å². The first-order valence-electron chi connectivity index (χ1n) is 9.82. The van der Waals surface area contributed by atoms with Gasteiger partial charge in [-0.3, -0.25) is 4.98 Å². The Hall–Kier alpha value is -4.58. The molecule has 5 aromatic rings. The number of esters is 1. The molecule has 34 heavy (non-hydrogen) atoms. The molecule has 4 aromatic heterocycles. The van der Waals surface area contributed by atoms with Gasteiger partial charge in [0.05, 0.1) is 13.3 Å². The van der Waals surface area contributed by atoms with Gasteiger partial charge in [0.1, 0.15) is 28.6 Å². The number of hydrogen-bond acceptors (Lipinski definition) is 11. The van der Waals surface area contributed by atoms with Gasteiger partial charge in [-0.2, -0.15) is 0 Å². The van der Waals surface area contributed by atoms with Gasteiger partial charge in [0, 0.05) is 29.4 Å². The number of fused-ring (bicyclic) bond motifs is 1. The number of benzene rings is 1. The van der Waals surface area contributed by atoms with Crippen LogP contribution in [0.4, 0.5) is 0 Å². The number of phenols is 1. The third-order valence-corrected chi connectivity index (χ3v) is 5.85. The molecule has 170 valence electrons. The van der Waals surface area contributed by atoms with Gasteiger partial charge >= 0.3 is 11.6 Å². The average molecular weight is 477 g/mol. The summed E-state index contributed by atoms with van der Waals surface area (Å²) in [4.78, 5) is 33.5. The van der Waals surface area contributed by atoms with Crippen LogP contribution in [0.3, 0.4) is 0 Å². The molecule has 0 atom stereocenters. The summed E-state index contributed by atoms with van der Waals surface area (Å²) in [5.74, 6) is -0.536. The Bertz CT molecular complexity index is 1560. The minimum atomic E-state index is -0.673. The summed E-state index contributed by atoms with van der Waals surface area (Å²) in [6, 6.07) is 9.59. The quantitative estimate of drug-likeness (QED) is 0.286. The number of nitrogens with zero attached hydrogens (tertiary/aromatic N) is 5. The Labute approximate surface area is 194 Å². The number of phenolic OH excluding ortho intramolecular Hbond substituents is 1. The molecule has 5 rings (SSSR count). The third-order valence-electron chi connectivity index (χ3n) is 4.78. The zero-order valence-electron chi connectivity index (χ0n) is 17.5. The van der Waals surface area contributed by atoms with E-state index in [0.717, 1.165) is 16.9 Å². The highest BCUT2D eigenvalue weighted by atomic mass is 32.1. The van der Waals surface area contributed by atoms with Crippen molar-refractivity contribution in [3.05, 3.63) is 76.0 Å². The van der Waals surface area contributed by atoms with Crippen molar-refractivity contribution in [1.82, 2.24) is 25.0 Å². The van der Waals surface area contributed by atoms with Gasteiger partial charge in [-0.1, -0.05) is 5.21 Å². The van der Waals surface area contributed by atoms with Gasteiger partial charge in [0.25, 0.3) is 0 Å². The predicted molar refractivity (Wildman–Crippen MR) is 120 cm³/mol. The van der Waals surface area contributed by atoms with Crippen molar-refractivity contribution in [2.75, 3.05) is 7.11 Å². The first kappa shape index (κ1) is 21.3. The second-order valence-corrected chi connectivity index (χ2v) is 7.95. The molecular weight excluding hydrogens is 462 g/mol. The minimum absolute atomic E-state index is 0.0198. The number of ether oxygens (including phenoxy) is 2. The maximum atomic E-state index is 12.6. The summed E-state index contributed by atoms with van der Waals surface area (Å²) in [5.41, 5.74) is 0.806. The van der Waals surface area contributed by atoms with E-state index in [0.29, 0.717) is 16.1 Å². The Kier molecular flexibility index (Phi) is 5.47. The monoisotopic (exact) mass is 477 g/mol. The molecule has 1 N–H and O–H groups in total. The Morgan fingerprint density at radius 1 is 1.24 bits per heavy atom. The fourth-order valence-corrected chi connectivity index (χ4v) is 4.09. The molecule has 12 heteroatoms. The molecule has 0 bridgehead atoms. The van der Waals surface area contributed by atoms with Crippen LogP contribution >= 0.6 is 11.3 Å². The standard InChI is InChI=1S/C22H15N5O6S/c1-31-22(30)18-19(25-20(34-18)13-3-2-6-23-9-13)32-11-14-10-24-26-27(14)16-7-12-4-5-15(28)8-17(12)33-21(16)29/h2-10,28H,11H2,1H3. The molecule has 0 radical (unpaired) electrons. The SMILES string of the molecule is COC(=O)c1sc(-c2cccnc2)nc1OCc1cnnn1-c1cc2ccc(O)cc2oc1=O. The van der Waals surface area contributed by atoms with Crippen molar-refractivity contribution in [1.29, 1.82) is 0 Å². The molecule has 0 spiro atoms. The van der Waals surface area contributed by atoms with Crippen molar-refractivity contribution in [3.8, 4) is 27.9 Å². The maximum absolute atomic E-state index is 12.6. The summed E-state index contributed by atoms with van der Waals surface area (Å²) in [7, 11) is 1.27. The zero-order chi connectivity index (χ0) is 23.7. The fourth-order valence-electron chi connectivity index (χ4n) is 3.17. The fraction of sp³-hybridized carbons (Fsp3) is 0.0909. The lowest BCUT2D eigenvalue weighted by atomic mass is 10.2. The number of methoxy groups -OCH3 is 1. The molecule has 0 saturated carbocycles. The van der Waals surface area contributed by atoms with Crippen LogP contribution in [-0.2, 0) is 11.3 Å². The molecule has 0 aliphatic carbocycles. The van der Waals surface area contributed by atoms with Crippen molar-refractivity contribution in [2.24, 2.45) is 0 Å². The van der Waals surface area contributed by atoms with Crippen LogP contribution in [0.5, 0.6) is 11.6 Å². The van der Waals surface area contributed by atoms with Gasteiger partial charge in [0.2, 0.25) is 5.88 Å².